The summed E-state index contributed by atoms with van der Waals surface area (Å²) in [7, 11) is 0. The van der Waals surface area contributed by atoms with E-state index in [4.69, 9.17) is 4.74 Å². The number of nitrogens with one attached hydrogen (secondary N) is 1. The second-order valence-corrected chi connectivity index (χ2v) is 7.96. The fourth-order valence-corrected chi connectivity index (χ4v) is 4.96. The highest BCUT2D eigenvalue weighted by molar-refractivity contribution is 7.16. The average Bonchev–Trinajstić information content (AvgIpc) is 3.08. The van der Waals surface area contributed by atoms with Gasteiger partial charge in [-0.05, 0) is 55.2 Å². The molecule has 0 atom stereocenters. The minimum atomic E-state index is -0.495. The fourth-order valence-electron chi connectivity index (χ4n) is 2.89. The van der Waals surface area contributed by atoms with Gasteiger partial charge in [0.2, 0.25) is 0 Å². The van der Waals surface area contributed by atoms with Crippen LogP contribution in [0.4, 0.5) is 5.00 Å². The summed E-state index contributed by atoms with van der Waals surface area (Å²) in [5.74, 6) is -0.916. The zero-order valence-electron chi connectivity index (χ0n) is 13.9. The van der Waals surface area contributed by atoms with Gasteiger partial charge in [-0.15, -0.1) is 22.7 Å². The first-order valence-corrected chi connectivity index (χ1v) is 9.85. The molecule has 1 amide bonds. The molecule has 0 radical (unpaired) electrons. The Morgan fingerprint density at radius 3 is 2.84 bits per heavy atom. The molecule has 1 N–H and O–H groups in total. The van der Waals surface area contributed by atoms with E-state index in [1.165, 1.54) is 34.0 Å². The van der Waals surface area contributed by atoms with Crippen LogP contribution in [-0.4, -0.2) is 18.5 Å². The van der Waals surface area contributed by atoms with Gasteiger partial charge in [0.15, 0.2) is 6.61 Å². The number of hydrogen-bond donors (Lipinski definition) is 1. The minimum absolute atomic E-state index is 0.358. The summed E-state index contributed by atoms with van der Waals surface area (Å²) in [6.07, 6.45) is 5.20. The van der Waals surface area contributed by atoms with Crippen molar-refractivity contribution in [3.63, 3.8) is 0 Å². The molecule has 0 aromatic carbocycles. The van der Waals surface area contributed by atoms with Crippen LogP contribution in [0.15, 0.2) is 11.4 Å². The maximum absolute atomic E-state index is 12.1. The number of aryl methyl sites for hydroxylation is 2. The molecule has 25 heavy (non-hydrogen) atoms. The van der Waals surface area contributed by atoms with E-state index in [1.807, 2.05) is 18.4 Å². The molecular weight excluding hydrogens is 356 g/mol. The number of rotatable bonds is 4. The van der Waals surface area contributed by atoms with E-state index in [0.29, 0.717) is 15.4 Å². The number of nitriles is 1. The predicted molar refractivity (Wildman–Crippen MR) is 98.3 cm³/mol. The lowest BCUT2D eigenvalue weighted by Gasteiger charge is -2.05. The highest BCUT2D eigenvalue weighted by atomic mass is 32.1. The summed E-state index contributed by atoms with van der Waals surface area (Å²) >= 11 is 2.76. The Hall–Kier alpha value is -2.17. The summed E-state index contributed by atoms with van der Waals surface area (Å²) in [6, 6.07) is 4.05. The standard InChI is InChI=1S/C18H18N2O3S2/c1-11-7-8-24-16(11)18(22)23-10-15(21)20-17-13(9-19)12-5-3-2-4-6-14(12)25-17/h7-8H,2-6,10H2,1H3,(H,20,21). The van der Waals surface area contributed by atoms with Crippen molar-refractivity contribution in [1.29, 1.82) is 5.26 Å². The fraction of sp³-hybridized carbons (Fsp3) is 0.389. The van der Waals surface area contributed by atoms with Crippen LogP contribution in [-0.2, 0) is 22.4 Å². The molecule has 0 unspecified atom stereocenters. The number of amides is 1. The van der Waals surface area contributed by atoms with Gasteiger partial charge in [-0.2, -0.15) is 5.26 Å². The van der Waals surface area contributed by atoms with Crippen molar-refractivity contribution in [3.05, 3.63) is 37.9 Å². The molecular formula is C18H18N2O3S2. The molecule has 7 heteroatoms. The molecule has 2 aromatic rings. The number of carbonyl (C=O) groups excluding carboxylic acids is 2. The number of thiophene rings is 2. The lowest BCUT2D eigenvalue weighted by atomic mass is 10.1. The molecule has 1 aliphatic carbocycles. The van der Waals surface area contributed by atoms with E-state index >= 15 is 0 Å². The number of anilines is 1. The molecule has 0 fully saturated rings. The van der Waals surface area contributed by atoms with Crippen LogP contribution < -0.4 is 5.32 Å². The predicted octanol–water partition coefficient (Wildman–Crippen LogP) is 4.05. The van der Waals surface area contributed by atoms with E-state index < -0.39 is 11.9 Å². The highest BCUT2D eigenvalue weighted by Gasteiger charge is 2.21. The maximum atomic E-state index is 12.1. The van der Waals surface area contributed by atoms with Crippen LogP contribution in [0, 0.1) is 18.3 Å². The van der Waals surface area contributed by atoms with Gasteiger partial charge in [-0.3, -0.25) is 4.79 Å². The first kappa shape index (κ1) is 17.6. The smallest absolute Gasteiger partial charge is 0.349 e. The van der Waals surface area contributed by atoms with Crippen LogP contribution in [0.1, 0.15) is 50.5 Å². The van der Waals surface area contributed by atoms with Gasteiger partial charge in [0, 0.05) is 4.88 Å². The van der Waals surface area contributed by atoms with E-state index in [2.05, 4.69) is 11.4 Å². The van der Waals surface area contributed by atoms with Gasteiger partial charge in [0.05, 0.1) is 5.56 Å². The zero-order valence-corrected chi connectivity index (χ0v) is 15.5. The second-order valence-electron chi connectivity index (χ2n) is 5.94. The van der Waals surface area contributed by atoms with Gasteiger partial charge in [0.1, 0.15) is 15.9 Å². The van der Waals surface area contributed by atoms with Crippen LogP contribution >= 0.6 is 22.7 Å². The number of fused-ring (bicyclic) bond motifs is 1. The molecule has 2 aromatic heterocycles. The van der Waals surface area contributed by atoms with Crippen LogP contribution in [0.25, 0.3) is 0 Å². The van der Waals surface area contributed by atoms with Crippen molar-refractivity contribution >= 4 is 39.6 Å². The number of ether oxygens (including phenoxy) is 1. The Bertz CT molecular complexity index is 845. The maximum Gasteiger partial charge on any atom is 0.349 e. The van der Waals surface area contributed by atoms with Crippen molar-refractivity contribution in [3.8, 4) is 6.07 Å². The van der Waals surface area contributed by atoms with Gasteiger partial charge < -0.3 is 10.1 Å². The van der Waals surface area contributed by atoms with E-state index in [9.17, 15) is 14.9 Å². The van der Waals surface area contributed by atoms with Crippen LogP contribution in [0.3, 0.4) is 0 Å². The van der Waals surface area contributed by atoms with Gasteiger partial charge in [0.25, 0.3) is 5.91 Å². The first-order chi connectivity index (χ1) is 12.1. The second kappa shape index (κ2) is 7.81. The molecule has 0 spiro atoms. The largest absolute Gasteiger partial charge is 0.451 e. The Morgan fingerprint density at radius 1 is 1.32 bits per heavy atom. The monoisotopic (exact) mass is 374 g/mol. The Labute approximate surface area is 154 Å². The molecule has 130 valence electrons. The summed E-state index contributed by atoms with van der Waals surface area (Å²) < 4.78 is 5.08. The quantitative estimate of drug-likeness (QED) is 0.647. The third kappa shape index (κ3) is 3.91. The third-order valence-electron chi connectivity index (χ3n) is 4.17. The van der Waals surface area contributed by atoms with E-state index in [-0.39, 0.29) is 6.61 Å². The molecule has 2 heterocycles. The van der Waals surface area contributed by atoms with Gasteiger partial charge >= 0.3 is 5.97 Å². The van der Waals surface area contributed by atoms with Crippen molar-refractivity contribution < 1.29 is 14.3 Å². The number of hydrogen-bond acceptors (Lipinski definition) is 6. The van der Waals surface area contributed by atoms with Crippen LogP contribution in [0.5, 0.6) is 0 Å². The third-order valence-corrected chi connectivity index (χ3v) is 6.37. The van der Waals surface area contributed by atoms with Gasteiger partial charge in [-0.1, -0.05) is 6.42 Å². The molecule has 0 saturated carbocycles. The topological polar surface area (TPSA) is 79.2 Å². The Balaban J connectivity index is 1.64. The van der Waals surface area contributed by atoms with Crippen LogP contribution in [0.2, 0.25) is 0 Å². The first-order valence-electron chi connectivity index (χ1n) is 8.16. The average molecular weight is 374 g/mol. The zero-order chi connectivity index (χ0) is 17.8. The molecule has 3 rings (SSSR count). The normalized spacial score (nSPS) is 13.4. The lowest BCUT2D eigenvalue weighted by molar-refractivity contribution is -0.119. The van der Waals surface area contributed by atoms with E-state index in [1.54, 1.807) is 0 Å². The lowest BCUT2D eigenvalue weighted by Crippen LogP contribution is -2.20. The minimum Gasteiger partial charge on any atom is -0.451 e. The van der Waals surface area contributed by atoms with Crippen molar-refractivity contribution in [2.75, 3.05) is 11.9 Å². The summed E-state index contributed by atoms with van der Waals surface area (Å²) in [5, 5.41) is 14.6. The molecule has 5 nitrogen and oxygen atoms in total. The number of nitrogens with zero attached hydrogens (tertiary/aromatic N) is 1. The summed E-state index contributed by atoms with van der Waals surface area (Å²) in [4.78, 5) is 25.8. The molecule has 0 saturated heterocycles. The van der Waals surface area contributed by atoms with Crippen molar-refractivity contribution in [1.82, 2.24) is 0 Å². The molecule has 1 aliphatic rings. The number of carbonyl (C=O) groups is 2. The molecule has 0 aliphatic heterocycles. The highest BCUT2D eigenvalue weighted by Crippen LogP contribution is 2.36. The molecule has 0 bridgehead atoms. The van der Waals surface area contributed by atoms with Crippen molar-refractivity contribution in [2.45, 2.75) is 39.0 Å². The SMILES string of the molecule is Cc1ccsc1C(=O)OCC(=O)Nc1sc2c(c1C#N)CCCCC2. The van der Waals surface area contributed by atoms with Crippen molar-refractivity contribution in [2.24, 2.45) is 0 Å². The van der Waals surface area contributed by atoms with E-state index in [0.717, 1.165) is 36.8 Å². The van der Waals surface area contributed by atoms with Gasteiger partial charge in [-0.25, -0.2) is 4.79 Å². The summed E-state index contributed by atoms with van der Waals surface area (Å²) in [6.45, 7) is 1.47. The Morgan fingerprint density at radius 2 is 2.12 bits per heavy atom. The number of esters is 1. The summed E-state index contributed by atoms with van der Waals surface area (Å²) in [5.41, 5.74) is 2.48. The Kier molecular flexibility index (Phi) is 5.51.